The molecule has 1 amide bonds. The van der Waals surface area contributed by atoms with Crippen LogP contribution in [0.4, 0.5) is 0 Å². The van der Waals surface area contributed by atoms with Gasteiger partial charge in [0.15, 0.2) is 0 Å². The Morgan fingerprint density at radius 2 is 1.74 bits per heavy atom. The first-order chi connectivity index (χ1) is 14.9. The van der Waals surface area contributed by atoms with Crippen LogP contribution in [0.3, 0.4) is 0 Å². The Kier molecular flexibility index (Phi) is 8.23. The van der Waals surface area contributed by atoms with Gasteiger partial charge < -0.3 is 10.1 Å². The van der Waals surface area contributed by atoms with E-state index in [0.717, 1.165) is 18.4 Å². The first kappa shape index (κ1) is 23.4. The number of carbonyl (C=O) groups excluding carboxylic acids is 1. The zero-order valence-electron chi connectivity index (χ0n) is 18.3. The highest BCUT2D eigenvalue weighted by Gasteiger charge is 2.28. The van der Waals surface area contributed by atoms with Gasteiger partial charge in [0.2, 0.25) is 10.0 Å². The van der Waals surface area contributed by atoms with Crippen molar-refractivity contribution in [2.24, 2.45) is 5.92 Å². The van der Waals surface area contributed by atoms with Gasteiger partial charge in [0, 0.05) is 31.8 Å². The third kappa shape index (κ3) is 6.38. The maximum Gasteiger partial charge on any atom is 0.251 e. The van der Waals surface area contributed by atoms with E-state index in [9.17, 15) is 13.2 Å². The average Bonchev–Trinajstić information content (AvgIpc) is 2.79. The van der Waals surface area contributed by atoms with Crippen LogP contribution < -0.4 is 5.32 Å². The fourth-order valence-electron chi connectivity index (χ4n) is 3.61. The van der Waals surface area contributed by atoms with Crippen LogP contribution in [0.1, 0.15) is 55.1 Å². The first-order valence-corrected chi connectivity index (χ1v) is 12.4. The first-order valence-electron chi connectivity index (χ1n) is 10.9. The lowest BCUT2D eigenvalue weighted by Gasteiger charge is -2.29. The van der Waals surface area contributed by atoms with Gasteiger partial charge in [-0.15, -0.1) is 0 Å². The Balaban J connectivity index is 1.44. The fraction of sp³-hybridized carbons (Fsp3) is 0.458. The van der Waals surface area contributed by atoms with Gasteiger partial charge in [0.05, 0.1) is 11.0 Å². The molecule has 1 N–H and O–H groups in total. The van der Waals surface area contributed by atoms with Crippen LogP contribution in [-0.2, 0) is 14.8 Å². The van der Waals surface area contributed by atoms with Crippen LogP contribution in [0.15, 0.2) is 59.5 Å². The number of nitrogens with zero attached hydrogens (tertiary/aromatic N) is 1. The Bertz CT molecular complexity index is 937. The van der Waals surface area contributed by atoms with Gasteiger partial charge in [-0.2, -0.15) is 4.31 Å². The minimum atomic E-state index is -3.50. The molecule has 2 aromatic carbocycles. The molecule has 1 aliphatic rings. The molecule has 1 fully saturated rings. The molecular weight excluding hydrogens is 412 g/mol. The Morgan fingerprint density at radius 3 is 2.39 bits per heavy atom. The predicted molar refractivity (Wildman–Crippen MR) is 121 cm³/mol. The molecule has 1 saturated heterocycles. The van der Waals surface area contributed by atoms with E-state index in [1.54, 1.807) is 16.4 Å². The van der Waals surface area contributed by atoms with Gasteiger partial charge in [-0.05, 0) is 61.9 Å². The van der Waals surface area contributed by atoms with E-state index in [-0.39, 0.29) is 16.9 Å². The van der Waals surface area contributed by atoms with Crippen LogP contribution >= 0.6 is 0 Å². The molecule has 168 valence electrons. The molecule has 3 rings (SSSR count). The van der Waals surface area contributed by atoms with Crippen molar-refractivity contribution < 1.29 is 17.9 Å². The Labute approximate surface area is 185 Å². The van der Waals surface area contributed by atoms with Crippen molar-refractivity contribution in [3.63, 3.8) is 0 Å². The summed E-state index contributed by atoms with van der Waals surface area (Å²) < 4.78 is 32.9. The van der Waals surface area contributed by atoms with Crippen LogP contribution in [0.5, 0.6) is 0 Å². The molecule has 0 bridgehead atoms. The predicted octanol–water partition coefficient (Wildman–Crippen LogP) is 4.00. The third-order valence-corrected chi connectivity index (χ3v) is 7.65. The van der Waals surface area contributed by atoms with E-state index >= 15 is 0 Å². The van der Waals surface area contributed by atoms with Crippen molar-refractivity contribution in [2.45, 2.75) is 44.1 Å². The van der Waals surface area contributed by atoms with Crippen molar-refractivity contribution in [1.82, 2.24) is 9.62 Å². The lowest BCUT2D eigenvalue weighted by atomic mass is 10.0. The number of rotatable bonds is 9. The maximum atomic E-state index is 12.8. The number of hydrogen-bond acceptors (Lipinski definition) is 4. The molecule has 0 spiro atoms. The zero-order chi connectivity index (χ0) is 22.3. The number of piperidine rings is 1. The summed E-state index contributed by atoms with van der Waals surface area (Å²) in [7, 11) is -3.50. The summed E-state index contributed by atoms with van der Waals surface area (Å²) in [4.78, 5) is 12.6. The second-order valence-corrected chi connectivity index (χ2v) is 10.1. The highest BCUT2D eigenvalue weighted by atomic mass is 32.2. The lowest BCUT2D eigenvalue weighted by Crippen LogP contribution is -2.37. The van der Waals surface area contributed by atoms with Crippen LogP contribution in [0.25, 0.3) is 0 Å². The second-order valence-electron chi connectivity index (χ2n) is 8.14. The van der Waals surface area contributed by atoms with Gasteiger partial charge in [-0.3, -0.25) is 4.79 Å². The summed E-state index contributed by atoms with van der Waals surface area (Å²) in [5.41, 5.74) is 1.57. The number of nitrogens with one attached hydrogen (secondary N) is 1. The van der Waals surface area contributed by atoms with Gasteiger partial charge in [-0.25, -0.2) is 8.42 Å². The van der Waals surface area contributed by atoms with Gasteiger partial charge in [0.1, 0.15) is 0 Å². The Hall–Kier alpha value is -2.22. The molecule has 0 radical (unpaired) electrons. The number of hydrogen-bond donors (Lipinski definition) is 1. The van der Waals surface area contributed by atoms with Gasteiger partial charge in [-0.1, -0.05) is 37.3 Å². The largest absolute Gasteiger partial charge is 0.374 e. The Morgan fingerprint density at radius 1 is 1.10 bits per heavy atom. The summed E-state index contributed by atoms with van der Waals surface area (Å²) in [5, 5.41) is 2.86. The minimum absolute atomic E-state index is 0.00881. The molecule has 1 aliphatic heterocycles. The van der Waals surface area contributed by atoms with Crippen LogP contribution in [0.2, 0.25) is 0 Å². The zero-order valence-corrected chi connectivity index (χ0v) is 19.1. The maximum absolute atomic E-state index is 12.8. The fourth-order valence-corrected chi connectivity index (χ4v) is 5.08. The second kappa shape index (κ2) is 10.9. The van der Waals surface area contributed by atoms with E-state index < -0.39 is 10.0 Å². The molecule has 6 nitrogen and oxygen atoms in total. The molecule has 1 atom stereocenters. The third-order valence-electron chi connectivity index (χ3n) is 5.74. The van der Waals surface area contributed by atoms with Crippen molar-refractivity contribution in [3.05, 3.63) is 65.7 Å². The summed E-state index contributed by atoms with van der Waals surface area (Å²) in [6.07, 6.45) is 2.47. The van der Waals surface area contributed by atoms with Crippen LogP contribution in [-0.4, -0.2) is 44.9 Å². The molecule has 7 heteroatoms. The monoisotopic (exact) mass is 444 g/mol. The van der Waals surface area contributed by atoms with Crippen molar-refractivity contribution in [2.75, 3.05) is 26.2 Å². The molecule has 1 unspecified atom stereocenters. The molecule has 1 heterocycles. The van der Waals surface area contributed by atoms with Crippen molar-refractivity contribution in [1.29, 1.82) is 0 Å². The van der Waals surface area contributed by atoms with Gasteiger partial charge >= 0.3 is 0 Å². The number of sulfonamides is 1. The molecule has 0 saturated carbocycles. The SMILES string of the molecule is CC1CCN(S(=O)(=O)c2ccc(C(=O)NCCCOC(C)c3ccccc3)cc2)CC1. The standard InChI is InChI=1S/C24H32N2O4S/c1-19-13-16-26(17-14-19)31(28,29)23-11-9-22(10-12-23)24(27)25-15-6-18-30-20(2)21-7-4-3-5-8-21/h3-5,7-12,19-20H,6,13-18H2,1-2H3,(H,25,27). The molecule has 31 heavy (non-hydrogen) atoms. The summed E-state index contributed by atoms with van der Waals surface area (Å²) in [5.74, 6) is 0.344. The molecule has 0 aliphatic carbocycles. The van der Waals surface area contributed by atoms with E-state index in [2.05, 4.69) is 12.2 Å². The molecule has 0 aromatic heterocycles. The molecular formula is C24H32N2O4S. The van der Waals surface area contributed by atoms with E-state index in [4.69, 9.17) is 4.74 Å². The average molecular weight is 445 g/mol. The van der Waals surface area contributed by atoms with E-state index in [1.165, 1.54) is 12.1 Å². The van der Waals surface area contributed by atoms with Crippen molar-refractivity contribution in [3.8, 4) is 0 Å². The van der Waals surface area contributed by atoms with Crippen molar-refractivity contribution >= 4 is 15.9 Å². The summed E-state index contributed by atoms with van der Waals surface area (Å²) in [6.45, 7) is 6.29. The summed E-state index contributed by atoms with van der Waals surface area (Å²) >= 11 is 0. The van der Waals surface area contributed by atoms with E-state index in [1.807, 2.05) is 37.3 Å². The number of benzene rings is 2. The summed E-state index contributed by atoms with van der Waals surface area (Å²) in [6, 6.07) is 16.2. The van der Waals surface area contributed by atoms with Gasteiger partial charge in [0.25, 0.3) is 5.91 Å². The highest BCUT2D eigenvalue weighted by molar-refractivity contribution is 7.89. The van der Waals surface area contributed by atoms with Crippen LogP contribution in [0, 0.1) is 5.92 Å². The highest BCUT2D eigenvalue weighted by Crippen LogP contribution is 2.23. The number of ether oxygens (including phenoxy) is 1. The quantitative estimate of drug-likeness (QED) is 0.593. The number of carbonyl (C=O) groups is 1. The minimum Gasteiger partial charge on any atom is -0.374 e. The molecule has 2 aromatic rings. The topological polar surface area (TPSA) is 75.7 Å². The number of amides is 1. The smallest absolute Gasteiger partial charge is 0.251 e. The normalized spacial score (nSPS) is 16.7. The van der Waals surface area contributed by atoms with E-state index in [0.29, 0.717) is 44.1 Å². The lowest BCUT2D eigenvalue weighted by molar-refractivity contribution is 0.0635.